The van der Waals surface area contributed by atoms with Gasteiger partial charge in [-0.1, -0.05) is 20.3 Å². The Morgan fingerprint density at radius 1 is 1.12 bits per heavy atom. The number of thiol groups is 1. The van der Waals surface area contributed by atoms with Crippen LogP contribution >= 0.6 is 12.6 Å². The van der Waals surface area contributed by atoms with Gasteiger partial charge in [0.25, 0.3) is 0 Å². The molecule has 0 heterocycles. The minimum atomic E-state index is -1.18. The molecule has 0 aliphatic heterocycles. The highest BCUT2D eigenvalue weighted by Crippen LogP contribution is 2.08. The minimum Gasteiger partial charge on any atom is -0.480 e. The summed E-state index contributed by atoms with van der Waals surface area (Å²) in [5.41, 5.74) is 5.42. The van der Waals surface area contributed by atoms with E-state index in [0.717, 1.165) is 0 Å². The number of rotatable bonds is 11. The molecule has 26 heavy (non-hydrogen) atoms. The number of nitrogens with one attached hydrogen (secondary N) is 3. The van der Waals surface area contributed by atoms with Crippen LogP contribution in [0.2, 0.25) is 0 Å². The van der Waals surface area contributed by atoms with E-state index in [1.54, 1.807) is 13.8 Å². The molecule has 0 saturated carbocycles. The van der Waals surface area contributed by atoms with E-state index in [2.05, 4.69) is 28.6 Å². The predicted octanol–water partition coefficient (Wildman–Crippen LogP) is -2.16. The summed E-state index contributed by atoms with van der Waals surface area (Å²) in [5, 5.41) is 25.4. The van der Waals surface area contributed by atoms with Crippen molar-refractivity contribution in [2.75, 3.05) is 12.3 Å². The fourth-order valence-corrected chi connectivity index (χ4v) is 2.14. The van der Waals surface area contributed by atoms with Gasteiger partial charge in [-0.05, 0) is 12.8 Å². The van der Waals surface area contributed by atoms with Crippen molar-refractivity contribution < 1.29 is 29.4 Å². The molecule has 0 aliphatic carbocycles. The van der Waals surface area contributed by atoms with Crippen LogP contribution < -0.4 is 21.7 Å². The third-order valence-electron chi connectivity index (χ3n) is 3.86. The zero-order valence-electron chi connectivity index (χ0n) is 15.1. The lowest BCUT2D eigenvalue weighted by molar-refractivity contribution is -0.143. The van der Waals surface area contributed by atoms with Crippen molar-refractivity contribution in [2.24, 2.45) is 11.7 Å². The molecule has 0 rings (SSSR count). The van der Waals surface area contributed by atoms with Crippen LogP contribution in [0.4, 0.5) is 0 Å². The lowest BCUT2D eigenvalue weighted by Crippen LogP contribution is -2.56. The zero-order valence-corrected chi connectivity index (χ0v) is 16.0. The quantitative estimate of drug-likeness (QED) is 0.196. The highest BCUT2D eigenvalue weighted by molar-refractivity contribution is 7.80. The summed E-state index contributed by atoms with van der Waals surface area (Å²) in [6.07, 6.45) is -0.535. The summed E-state index contributed by atoms with van der Waals surface area (Å²) in [6, 6.07) is -3.34. The van der Waals surface area contributed by atoms with Crippen molar-refractivity contribution in [1.82, 2.24) is 16.0 Å². The summed E-state index contributed by atoms with van der Waals surface area (Å²) < 4.78 is 0. The van der Waals surface area contributed by atoms with E-state index in [1.807, 2.05) is 0 Å². The van der Waals surface area contributed by atoms with Crippen molar-refractivity contribution in [3.63, 3.8) is 0 Å². The third-order valence-corrected chi connectivity index (χ3v) is 4.22. The van der Waals surface area contributed by atoms with Gasteiger partial charge in [0, 0.05) is 5.75 Å². The fraction of sp³-hybridized carbons (Fsp3) is 0.733. The van der Waals surface area contributed by atoms with Gasteiger partial charge >= 0.3 is 5.97 Å². The first kappa shape index (κ1) is 24.1. The van der Waals surface area contributed by atoms with Gasteiger partial charge in [-0.2, -0.15) is 12.6 Å². The van der Waals surface area contributed by atoms with Gasteiger partial charge in [0.1, 0.15) is 18.1 Å². The first-order valence-corrected chi connectivity index (χ1v) is 8.83. The highest BCUT2D eigenvalue weighted by Gasteiger charge is 2.29. The molecular weight excluding hydrogens is 364 g/mol. The molecule has 0 radical (unpaired) electrons. The molecule has 0 fully saturated rings. The number of amides is 3. The second-order valence-corrected chi connectivity index (χ2v) is 6.36. The first-order valence-electron chi connectivity index (χ1n) is 8.19. The molecule has 0 aromatic rings. The van der Waals surface area contributed by atoms with E-state index in [0.29, 0.717) is 6.42 Å². The number of carbonyl (C=O) groups excluding carboxylic acids is 3. The Hall–Kier alpha value is -1.85. The van der Waals surface area contributed by atoms with Crippen LogP contribution in [0.3, 0.4) is 0 Å². The van der Waals surface area contributed by atoms with E-state index in [9.17, 15) is 29.4 Å². The van der Waals surface area contributed by atoms with Crippen molar-refractivity contribution >= 4 is 36.3 Å². The Kier molecular flexibility index (Phi) is 10.9. The topological polar surface area (TPSA) is 171 Å². The van der Waals surface area contributed by atoms with Crippen molar-refractivity contribution in [3.8, 4) is 0 Å². The molecule has 0 aromatic carbocycles. The van der Waals surface area contributed by atoms with Crippen LogP contribution in [0.5, 0.6) is 0 Å². The molecule has 0 aliphatic rings. The van der Waals surface area contributed by atoms with Crippen molar-refractivity contribution in [2.45, 2.75) is 51.4 Å². The maximum atomic E-state index is 12.2. The Morgan fingerprint density at radius 2 is 1.69 bits per heavy atom. The monoisotopic (exact) mass is 392 g/mol. The van der Waals surface area contributed by atoms with Gasteiger partial charge in [-0.25, -0.2) is 4.79 Å². The van der Waals surface area contributed by atoms with Crippen LogP contribution in [-0.2, 0) is 19.2 Å². The van der Waals surface area contributed by atoms with E-state index < -0.39 is 54.5 Å². The Balaban J connectivity index is 4.68. The van der Waals surface area contributed by atoms with Crippen molar-refractivity contribution in [3.05, 3.63) is 0 Å². The summed E-state index contributed by atoms with van der Waals surface area (Å²) in [7, 11) is 0. The molecule has 5 unspecified atom stereocenters. The number of hydrogen-bond donors (Lipinski definition) is 7. The summed E-state index contributed by atoms with van der Waals surface area (Å²) >= 11 is 3.98. The van der Waals surface area contributed by atoms with Crippen LogP contribution in [0.15, 0.2) is 0 Å². The van der Waals surface area contributed by atoms with Crippen LogP contribution in [-0.4, -0.2) is 70.4 Å². The number of carbonyl (C=O) groups is 4. The minimum absolute atomic E-state index is 0.0639. The molecule has 3 amide bonds. The summed E-state index contributed by atoms with van der Waals surface area (Å²) in [4.78, 5) is 46.9. The maximum Gasteiger partial charge on any atom is 0.326 e. The molecule has 0 spiro atoms. The predicted molar refractivity (Wildman–Crippen MR) is 97.5 cm³/mol. The largest absolute Gasteiger partial charge is 0.480 e. The Morgan fingerprint density at radius 3 is 2.12 bits per heavy atom. The second-order valence-electron chi connectivity index (χ2n) is 6.00. The second kappa shape index (κ2) is 11.7. The van der Waals surface area contributed by atoms with Gasteiger partial charge < -0.3 is 31.9 Å². The molecule has 5 atom stereocenters. The van der Waals surface area contributed by atoms with Gasteiger partial charge in [0.05, 0.1) is 12.6 Å². The SMILES string of the molecule is CCC(C)C(NC(=O)C(CS)NC(=O)CNC(=O)C(N)C(C)O)C(=O)O. The van der Waals surface area contributed by atoms with Gasteiger partial charge in [-0.3, -0.25) is 14.4 Å². The Bertz CT molecular complexity index is 516. The fourth-order valence-electron chi connectivity index (χ4n) is 1.88. The lowest BCUT2D eigenvalue weighted by atomic mass is 9.99. The van der Waals surface area contributed by atoms with Crippen LogP contribution in [0.25, 0.3) is 0 Å². The molecule has 0 bridgehead atoms. The summed E-state index contributed by atoms with van der Waals surface area (Å²) in [5.74, 6) is -3.62. The number of carboxylic acids is 1. The lowest BCUT2D eigenvalue weighted by Gasteiger charge is -2.23. The highest BCUT2D eigenvalue weighted by atomic mass is 32.1. The van der Waals surface area contributed by atoms with Gasteiger partial charge in [0.2, 0.25) is 17.7 Å². The molecular formula is C15H28N4O6S. The number of carboxylic acid groups (broad SMARTS) is 1. The number of aliphatic hydroxyl groups is 1. The van der Waals surface area contributed by atoms with Crippen molar-refractivity contribution in [1.29, 1.82) is 0 Å². The molecule has 0 aromatic heterocycles. The smallest absolute Gasteiger partial charge is 0.326 e. The van der Waals surface area contributed by atoms with E-state index in [-0.39, 0.29) is 11.7 Å². The van der Waals surface area contributed by atoms with E-state index >= 15 is 0 Å². The summed E-state index contributed by atoms with van der Waals surface area (Å²) in [6.45, 7) is 4.37. The number of hydrogen-bond acceptors (Lipinski definition) is 7. The average Bonchev–Trinajstić information content (AvgIpc) is 2.59. The maximum absolute atomic E-state index is 12.2. The third kappa shape index (κ3) is 8.02. The van der Waals surface area contributed by atoms with Gasteiger partial charge in [-0.15, -0.1) is 0 Å². The molecule has 10 nitrogen and oxygen atoms in total. The molecule has 7 N–H and O–H groups in total. The van der Waals surface area contributed by atoms with E-state index in [4.69, 9.17) is 5.73 Å². The van der Waals surface area contributed by atoms with Crippen LogP contribution in [0.1, 0.15) is 27.2 Å². The Labute approximate surface area is 157 Å². The molecule has 150 valence electrons. The standard InChI is InChI=1S/C15H28N4O6S/c1-4-7(2)12(15(24)25)19-13(22)9(6-26)18-10(21)5-17-14(23)11(16)8(3)20/h7-9,11-12,20,26H,4-6,16H2,1-3H3,(H,17,23)(H,18,21)(H,19,22)(H,24,25). The average molecular weight is 392 g/mol. The number of nitrogens with two attached hydrogens (primary N) is 1. The molecule has 11 heteroatoms. The van der Waals surface area contributed by atoms with E-state index in [1.165, 1.54) is 6.92 Å². The zero-order chi connectivity index (χ0) is 20.4. The van der Waals surface area contributed by atoms with Gasteiger partial charge in [0.15, 0.2) is 0 Å². The normalized spacial score (nSPS) is 16.5. The first-order chi connectivity index (χ1) is 12.0. The molecule has 0 saturated heterocycles. The number of aliphatic hydroxyl groups excluding tert-OH is 1. The van der Waals surface area contributed by atoms with Crippen LogP contribution in [0, 0.1) is 5.92 Å². The number of aliphatic carboxylic acids is 1.